The van der Waals surface area contributed by atoms with Crippen molar-refractivity contribution in [1.29, 1.82) is 0 Å². The normalized spacial score (nSPS) is 10.7. The first-order chi connectivity index (χ1) is 17.0. The smallest absolute Gasteiger partial charge is 0.255 e. The van der Waals surface area contributed by atoms with E-state index < -0.39 is 0 Å². The molecule has 0 saturated carbocycles. The number of ether oxygens (including phenoxy) is 1. The number of phenols is 1. The summed E-state index contributed by atoms with van der Waals surface area (Å²) in [4.78, 5) is 26.0. The van der Waals surface area contributed by atoms with E-state index in [1.165, 1.54) is 0 Å². The second-order valence-electron chi connectivity index (χ2n) is 8.01. The minimum absolute atomic E-state index is 0.0688. The monoisotopic (exact) mass is 472 g/mol. The van der Waals surface area contributed by atoms with E-state index in [9.17, 15) is 9.90 Å². The van der Waals surface area contributed by atoms with E-state index >= 15 is 0 Å². The van der Waals surface area contributed by atoms with E-state index in [0.717, 1.165) is 35.7 Å². The van der Waals surface area contributed by atoms with Crippen LogP contribution in [0.15, 0.2) is 67.1 Å². The van der Waals surface area contributed by atoms with Crippen LogP contribution in [0.5, 0.6) is 11.5 Å². The Labute approximate surface area is 203 Å². The van der Waals surface area contributed by atoms with Crippen molar-refractivity contribution in [3.63, 3.8) is 0 Å². The maximum atomic E-state index is 12.6. The molecule has 0 aliphatic rings. The van der Waals surface area contributed by atoms with Crippen LogP contribution in [0.1, 0.15) is 22.5 Å². The van der Waals surface area contributed by atoms with Crippen LogP contribution in [0.4, 0.5) is 17.2 Å². The molecule has 35 heavy (non-hydrogen) atoms. The highest BCUT2D eigenvalue weighted by molar-refractivity contribution is 5.98. The number of nitrogen functional groups attached to an aromatic ring is 1. The summed E-state index contributed by atoms with van der Waals surface area (Å²) in [6.45, 7) is 0.493. The third kappa shape index (κ3) is 5.52. The molecule has 0 spiro atoms. The number of aromatic amines is 1. The van der Waals surface area contributed by atoms with E-state index in [-0.39, 0.29) is 17.5 Å². The van der Waals surface area contributed by atoms with E-state index in [2.05, 4.69) is 20.3 Å². The van der Waals surface area contributed by atoms with Gasteiger partial charge in [-0.2, -0.15) is 0 Å². The molecule has 9 nitrogen and oxygen atoms in total. The Morgan fingerprint density at radius 1 is 1.14 bits per heavy atom. The van der Waals surface area contributed by atoms with Gasteiger partial charge >= 0.3 is 0 Å². The van der Waals surface area contributed by atoms with Gasteiger partial charge in [0.25, 0.3) is 5.91 Å². The Kier molecular flexibility index (Phi) is 7.15. The Morgan fingerprint density at radius 3 is 2.60 bits per heavy atom. The number of nitrogens with zero attached hydrogens (tertiary/aromatic N) is 3. The molecule has 4 rings (SSSR count). The number of nitrogens with one attached hydrogen (secondary N) is 2. The Hall–Kier alpha value is -4.53. The molecule has 0 aliphatic carbocycles. The molecule has 0 atom stereocenters. The number of carbonyl (C=O) groups is 1. The van der Waals surface area contributed by atoms with Gasteiger partial charge in [0.1, 0.15) is 17.3 Å². The fraction of sp³-hybridized carbons (Fsp3) is 0.192. The van der Waals surface area contributed by atoms with Gasteiger partial charge in [-0.25, -0.2) is 9.97 Å². The Bertz CT molecular complexity index is 1290. The average Bonchev–Trinajstić information content (AvgIpc) is 3.40. The first-order valence-corrected chi connectivity index (χ1v) is 11.2. The summed E-state index contributed by atoms with van der Waals surface area (Å²) in [5.41, 5.74) is 10.1. The summed E-state index contributed by atoms with van der Waals surface area (Å²) in [7, 11) is 3.56. The SMILES string of the molecule is COc1ccc(N(C)c2ccc(O)c(-c3ccc(C(=O)NCCCc4c[nH]cn4)c(N)n3)c2)cc1. The van der Waals surface area contributed by atoms with E-state index in [1.54, 1.807) is 31.6 Å². The van der Waals surface area contributed by atoms with Gasteiger partial charge in [-0.1, -0.05) is 0 Å². The van der Waals surface area contributed by atoms with E-state index in [4.69, 9.17) is 10.5 Å². The van der Waals surface area contributed by atoms with Crippen LogP contribution in [0.25, 0.3) is 11.3 Å². The first kappa shape index (κ1) is 23.6. The Morgan fingerprint density at radius 2 is 1.91 bits per heavy atom. The summed E-state index contributed by atoms with van der Waals surface area (Å²) in [5.74, 6) is 0.649. The molecule has 0 bridgehead atoms. The number of aryl methyl sites for hydroxylation is 1. The molecule has 180 valence electrons. The highest BCUT2D eigenvalue weighted by Crippen LogP contribution is 2.35. The van der Waals surface area contributed by atoms with Crippen molar-refractivity contribution < 1.29 is 14.6 Å². The number of pyridine rings is 1. The number of hydrogen-bond donors (Lipinski definition) is 4. The van der Waals surface area contributed by atoms with E-state index in [1.807, 2.05) is 54.5 Å². The van der Waals surface area contributed by atoms with Gasteiger partial charge in [0.2, 0.25) is 0 Å². The van der Waals surface area contributed by atoms with Crippen molar-refractivity contribution in [2.24, 2.45) is 0 Å². The number of phenolic OH excluding ortho intramolecular Hbond substituents is 1. The highest BCUT2D eigenvalue weighted by atomic mass is 16.5. The second kappa shape index (κ2) is 10.6. The molecule has 0 aliphatic heterocycles. The number of aromatic nitrogens is 3. The zero-order chi connectivity index (χ0) is 24.8. The predicted molar refractivity (Wildman–Crippen MR) is 136 cm³/mol. The number of amides is 1. The molecule has 0 unspecified atom stereocenters. The van der Waals surface area contributed by atoms with Gasteiger partial charge in [-0.15, -0.1) is 0 Å². The number of carbonyl (C=O) groups excluding carboxylic acids is 1. The summed E-state index contributed by atoms with van der Waals surface area (Å²) in [5, 5.41) is 13.4. The number of aromatic hydroxyl groups is 1. The van der Waals surface area contributed by atoms with Gasteiger partial charge in [-0.05, 0) is 67.4 Å². The minimum Gasteiger partial charge on any atom is -0.507 e. The quantitative estimate of drug-likeness (QED) is 0.272. The highest BCUT2D eigenvalue weighted by Gasteiger charge is 2.15. The van der Waals surface area contributed by atoms with Gasteiger partial charge in [-0.3, -0.25) is 4.79 Å². The number of H-pyrrole nitrogens is 1. The number of anilines is 3. The molecule has 0 saturated heterocycles. The summed E-state index contributed by atoms with van der Waals surface area (Å²) in [6, 6.07) is 16.2. The lowest BCUT2D eigenvalue weighted by Gasteiger charge is -2.21. The molecule has 9 heteroatoms. The van der Waals surface area contributed by atoms with Gasteiger partial charge in [0, 0.05) is 36.7 Å². The van der Waals surface area contributed by atoms with Crippen molar-refractivity contribution in [3.05, 3.63) is 78.4 Å². The van der Waals surface area contributed by atoms with Crippen molar-refractivity contribution >= 4 is 23.1 Å². The fourth-order valence-corrected chi connectivity index (χ4v) is 3.70. The topological polar surface area (TPSA) is 129 Å². The summed E-state index contributed by atoms with van der Waals surface area (Å²) < 4.78 is 5.22. The van der Waals surface area contributed by atoms with Crippen molar-refractivity contribution in [1.82, 2.24) is 20.3 Å². The zero-order valence-electron chi connectivity index (χ0n) is 19.7. The predicted octanol–water partition coefficient (Wildman–Crippen LogP) is 3.90. The summed E-state index contributed by atoms with van der Waals surface area (Å²) >= 11 is 0. The van der Waals surface area contributed by atoms with E-state index in [0.29, 0.717) is 23.4 Å². The standard InChI is InChI=1S/C26H28N6O3/c1-32(18-5-8-20(35-2)9-6-18)19-7-12-24(33)22(14-19)23-11-10-21(25(27)31-23)26(34)29-13-3-4-17-15-28-16-30-17/h5-12,14-16,33H,3-4,13H2,1-2H3,(H2,27,31)(H,28,30)(H,29,34). The van der Waals surface area contributed by atoms with Crippen LogP contribution in [0.3, 0.4) is 0 Å². The fourth-order valence-electron chi connectivity index (χ4n) is 3.70. The van der Waals surface area contributed by atoms with Crippen LogP contribution in [-0.4, -0.2) is 46.7 Å². The van der Waals surface area contributed by atoms with Gasteiger partial charge < -0.3 is 30.8 Å². The molecular weight excluding hydrogens is 444 g/mol. The Balaban J connectivity index is 1.47. The molecular formula is C26H28N6O3. The maximum Gasteiger partial charge on any atom is 0.255 e. The van der Waals surface area contributed by atoms with Crippen LogP contribution < -0.4 is 20.7 Å². The maximum absolute atomic E-state index is 12.6. The van der Waals surface area contributed by atoms with Gasteiger partial charge in [0.05, 0.1) is 30.4 Å². The average molecular weight is 473 g/mol. The first-order valence-electron chi connectivity index (χ1n) is 11.2. The van der Waals surface area contributed by atoms with Crippen LogP contribution in [0, 0.1) is 0 Å². The molecule has 5 N–H and O–H groups in total. The number of hydrogen-bond acceptors (Lipinski definition) is 7. The number of imidazole rings is 1. The minimum atomic E-state index is -0.291. The zero-order valence-corrected chi connectivity index (χ0v) is 19.7. The molecule has 0 radical (unpaired) electrons. The lowest BCUT2D eigenvalue weighted by Crippen LogP contribution is -2.26. The van der Waals surface area contributed by atoms with Crippen molar-refractivity contribution in [3.8, 4) is 22.8 Å². The summed E-state index contributed by atoms with van der Waals surface area (Å²) in [6.07, 6.45) is 4.98. The molecule has 2 aromatic heterocycles. The lowest BCUT2D eigenvalue weighted by atomic mass is 10.1. The third-order valence-electron chi connectivity index (χ3n) is 5.72. The van der Waals surface area contributed by atoms with Crippen LogP contribution in [0.2, 0.25) is 0 Å². The molecule has 2 heterocycles. The molecule has 2 aromatic carbocycles. The number of nitrogens with two attached hydrogens (primary N) is 1. The largest absolute Gasteiger partial charge is 0.507 e. The number of rotatable bonds is 9. The number of methoxy groups -OCH3 is 1. The third-order valence-corrected chi connectivity index (χ3v) is 5.72. The second-order valence-corrected chi connectivity index (χ2v) is 8.01. The molecule has 4 aromatic rings. The van der Waals surface area contributed by atoms with Crippen LogP contribution in [-0.2, 0) is 6.42 Å². The van der Waals surface area contributed by atoms with Crippen LogP contribution >= 0.6 is 0 Å². The molecule has 0 fully saturated rings. The van der Waals surface area contributed by atoms with Crippen molar-refractivity contribution in [2.45, 2.75) is 12.8 Å². The van der Waals surface area contributed by atoms with Crippen molar-refractivity contribution in [2.75, 3.05) is 31.3 Å². The molecule has 1 amide bonds. The lowest BCUT2D eigenvalue weighted by molar-refractivity contribution is 0.0954. The van der Waals surface area contributed by atoms with Gasteiger partial charge in [0.15, 0.2) is 0 Å². The number of benzene rings is 2.